The van der Waals surface area contributed by atoms with Gasteiger partial charge in [-0.05, 0) is 31.2 Å². The quantitative estimate of drug-likeness (QED) is 0.868. The van der Waals surface area contributed by atoms with E-state index < -0.39 is 0 Å². The molecule has 0 atom stereocenters. The zero-order valence-corrected chi connectivity index (χ0v) is 9.83. The fourth-order valence-electron chi connectivity index (χ4n) is 2.74. The van der Waals surface area contributed by atoms with E-state index in [1.807, 2.05) is 0 Å². The van der Waals surface area contributed by atoms with E-state index >= 15 is 0 Å². The van der Waals surface area contributed by atoms with E-state index in [1.165, 1.54) is 25.3 Å². The van der Waals surface area contributed by atoms with E-state index in [2.05, 4.69) is 20.4 Å². The van der Waals surface area contributed by atoms with Crippen molar-refractivity contribution in [3.8, 4) is 10.7 Å². The first-order valence-electron chi connectivity index (χ1n) is 5.65. The summed E-state index contributed by atoms with van der Waals surface area (Å²) in [5.74, 6) is 0.938. The molecule has 2 heterocycles. The van der Waals surface area contributed by atoms with E-state index in [4.69, 9.17) is 0 Å². The van der Waals surface area contributed by atoms with Gasteiger partial charge < -0.3 is 0 Å². The lowest BCUT2D eigenvalue weighted by atomic mass is 9.45. The maximum Gasteiger partial charge on any atom is 0.264 e. The van der Waals surface area contributed by atoms with Gasteiger partial charge in [0.25, 0.3) is 5.56 Å². The summed E-state index contributed by atoms with van der Waals surface area (Å²) in [5, 5.41) is 16.8. The lowest BCUT2D eigenvalue weighted by molar-refractivity contribution is -0.0280. The van der Waals surface area contributed by atoms with E-state index in [0.717, 1.165) is 15.9 Å². The van der Waals surface area contributed by atoms with Gasteiger partial charge in [0, 0.05) is 11.5 Å². The van der Waals surface area contributed by atoms with Crippen LogP contribution in [0.2, 0.25) is 0 Å². The predicted octanol–water partition coefficient (Wildman–Crippen LogP) is 1.34. The summed E-state index contributed by atoms with van der Waals surface area (Å²) in [4.78, 5) is 10.9. The van der Waals surface area contributed by atoms with Crippen molar-refractivity contribution in [1.29, 1.82) is 0 Å². The first-order valence-corrected chi connectivity index (χ1v) is 6.47. The molecule has 2 aromatic heterocycles. The van der Waals surface area contributed by atoms with Crippen molar-refractivity contribution < 1.29 is 0 Å². The standard InChI is InChI=1S/C11H10N4OS/c16-8-2-1-7(12-13-8)9-14-15-10(17-9)11-3-6(4-11)5-11/h1-2,6H,3-5H2,(H,13,16). The van der Waals surface area contributed by atoms with Crippen LogP contribution in [0.1, 0.15) is 24.3 Å². The Morgan fingerprint density at radius 3 is 2.71 bits per heavy atom. The van der Waals surface area contributed by atoms with Gasteiger partial charge in [-0.15, -0.1) is 10.2 Å². The van der Waals surface area contributed by atoms with E-state index in [9.17, 15) is 4.79 Å². The third-order valence-electron chi connectivity index (χ3n) is 3.82. The minimum absolute atomic E-state index is 0.196. The molecule has 0 unspecified atom stereocenters. The summed E-state index contributed by atoms with van der Waals surface area (Å²) in [7, 11) is 0. The molecular formula is C11H10N4OS. The molecule has 5 rings (SSSR count). The van der Waals surface area contributed by atoms with Crippen molar-refractivity contribution >= 4 is 11.3 Å². The molecule has 3 saturated carbocycles. The second-order valence-electron chi connectivity index (χ2n) is 4.98. The molecule has 2 aromatic rings. The fraction of sp³-hybridized carbons (Fsp3) is 0.455. The molecule has 0 radical (unpaired) electrons. The molecule has 0 aromatic carbocycles. The highest BCUT2D eigenvalue weighted by Gasteiger charge is 2.59. The second-order valence-corrected chi connectivity index (χ2v) is 5.96. The number of nitrogens with one attached hydrogen (secondary N) is 1. The Labute approximate surface area is 101 Å². The summed E-state index contributed by atoms with van der Waals surface area (Å²) in [6, 6.07) is 3.15. The number of aromatic amines is 1. The Hall–Kier alpha value is -1.56. The topological polar surface area (TPSA) is 71.5 Å². The Morgan fingerprint density at radius 1 is 1.29 bits per heavy atom. The van der Waals surface area contributed by atoms with E-state index in [-0.39, 0.29) is 5.56 Å². The van der Waals surface area contributed by atoms with Crippen LogP contribution in [0, 0.1) is 5.92 Å². The highest BCUT2D eigenvalue weighted by atomic mass is 32.1. The minimum atomic E-state index is -0.196. The predicted molar refractivity (Wildman–Crippen MR) is 62.8 cm³/mol. The molecular weight excluding hydrogens is 236 g/mol. The van der Waals surface area contributed by atoms with Crippen LogP contribution in [0.4, 0.5) is 0 Å². The lowest BCUT2D eigenvalue weighted by Crippen LogP contribution is -2.55. The van der Waals surface area contributed by atoms with Gasteiger partial charge in [-0.3, -0.25) is 4.79 Å². The van der Waals surface area contributed by atoms with Gasteiger partial charge in [-0.1, -0.05) is 11.3 Å². The highest BCUT2D eigenvalue weighted by molar-refractivity contribution is 7.14. The van der Waals surface area contributed by atoms with E-state index in [0.29, 0.717) is 11.1 Å². The van der Waals surface area contributed by atoms with Crippen LogP contribution in [0.3, 0.4) is 0 Å². The second kappa shape index (κ2) is 3.01. The third kappa shape index (κ3) is 1.24. The number of nitrogens with zero attached hydrogens (tertiary/aromatic N) is 3. The average molecular weight is 246 g/mol. The highest BCUT2D eigenvalue weighted by Crippen LogP contribution is 2.65. The Balaban J connectivity index is 1.70. The number of H-pyrrole nitrogens is 1. The molecule has 0 amide bonds. The number of hydrogen-bond acceptors (Lipinski definition) is 5. The normalized spacial score (nSPS) is 29.5. The first-order chi connectivity index (χ1) is 8.25. The van der Waals surface area contributed by atoms with Crippen molar-refractivity contribution in [1.82, 2.24) is 20.4 Å². The van der Waals surface area contributed by atoms with Crippen molar-refractivity contribution in [2.75, 3.05) is 0 Å². The van der Waals surface area contributed by atoms with Crippen molar-refractivity contribution in [2.24, 2.45) is 5.92 Å². The summed E-state index contributed by atoms with van der Waals surface area (Å²) in [6.45, 7) is 0. The van der Waals surface area contributed by atoms with Crippen LogP contribution < -0.4 is 5.56 Å². The SMILES string of the molecule is O=c1ccc(-c2nnc(C34CC(C3)C4)s2)n[nH]1. The van der Waals surface area contributed by atoms with Crippen LogP contribution in [0.15, 0.2) is 16.9 Å². The third-order valence-corrected chi connectivity index (χ3v) is 5.01. The van der Waals surface area contributed by atoms with Gasteiger partial charge in [-0.25, -0.2) is 5.10 Å². The molecule has 0 spiro atoms. The van der Waals surface area contributed by atoms with E-state index in [1.54, 1.807) is 17.4 Å². The molecule has 1 N–H and O–H groups in total. The largest absolute Gasteiger partial charge is 0.268 e. The first kappa shape index (κ1) is 9.47. The summed E-state index contributed by atoms with van der Waals surface area (Å²) < 4.78 is 0. The number of rotatable bonds is 2. The summed E-state index contributed by atoms with van der Waals surface area (Å²) >= 11 is 1.61. The van der Waals surface area contributed by atoms with Crippen LogP contribution in [-0.2, 0) is 5.41 Å². The molecule has 3 aliphatic rings. The maximum atomic E-state index is 10.9. The Bertz CT molecular complexity index is 609. The minimum Gasteiger partial charge on any atom is -0.268 e. The molecule has 0 aliphatic heterocycles. The molecule has 17 heavy (non-hydrogen) atoms. The summed E-state index contributed by atoms with van der Waals surface area (Å²) in [5.41, 5.74) is 0.848. The van der Waals surface area contributed by atoms with Gasteiger partial charge in [0.05, 0.1) is 0 Å². The molecule has 3 fully saturated rings. The average Bonchev–Trinajstić information content (AvgIpc) is 2.63. The fourth-order valence-corrected chi connectivity index (χ4v) is 3.78. The summed E-state index contributed by atoms with van der Waals surface area (Å²) in [6.07, 6.45) is 3.84. The van der Waals surface area contributed by atoms with Gasteiger partial charge in [0.1, 0.15) is 10.7 Å². The van der Waals surface area contributed by atoms with Crippen molar-refractivity contribution in [3.05, 3.63) is 27.5 Å². The maximum absolute atomic E-state index is 10.9. The molecule has 0 saturated heterocycles. The van der Waals surface area contributed by atoms with Crippen LogP contribution >= 0.6 is 11.3 Å². The lowest BCUT2D eigenvalue weighted by Gasteiger charge is -2.60. The van der Waals surface area contributed by atoms with Gasteiger partial charge in [-0.2, -0.15) is 5.10 Å². The Morgan fingerprint density at radius 2 is 2.12 bits per heavy atom. The monoisotopic (exact) mass is 246 g/mol. The van der Waals surface area contributed by atoms with Gasteiger partial charge in [0.2, 0.25) is 0 Å². The number of hydrogen-bond donors (Lipinski definition) is 1. The molecule has 3 aliphatic carbocycles. The molecule has 2 bridgehead atoms. The molecule has 6 heteroatoms. The van der Waals surface area contributed by atoms with Gasteiger partial charge in [0.15, 0.2) is 5.01 Å². The van der Waals surface area contributed by atoms with Crippen LogP contribution in [0.5, 0.6) is 0 Å². The molecule has 86 valence electrons. The van der Waals surface area contributed by atoms with Gasteiger partial charge >= 0.3 is 0 Å². The van der Waals surface area contributed by atoms with Crippen molar-refractivity contribution in [2.45, 2.75) is 24.7 Å². The molecule has 5 nitrogen and oxygen atoms in total. The van der Waals surface area contributed by atoms with Crippen molar-refractivity contribution in [3.63, 3.8) is 0 Å². The number of aromatic nitrogens is 4. The zero-order valence-electron chi connectivity index (χ0n) is 9.01. The zero-order chi connectivity index (χ0) is 11.5. The Kier molecular flexibility index (Phi) is 1.68. The van der Waals surface area contributed by atoms with Crippen LogP contribution in [0.25, 0.3) is 10.7 Å². The van der Waals surface area contributed by atoms with Crippen LogP contribution in [-0.4, -0.2) is 20.4 Å². The smallest absolute Gasteiger partial charge is 0.264 e.